The molecule has 144 valence electrons. The summed E-state index contributed by atoms with van der Waals surface area (Å²) in [5, 5.41) is 3.77. The molecule has 0 unspecified atom stereocenters. The van der Waals surface area contributed by atoms with E-state index in [9.17, 15) is 18.0 Å². The number of hydrazone groups is 1. The number of hydrogen-bond acceptors (Lipinski definition) is 5. The molecule has 0 aromatic heterocycles. The van der Waals surface area contributed by atoms with Crippen LogP contribution in [-0.4, -0.2) is 32.9 Å². The molecular formula is C18H17F3N2O4. The van der Waals surface area contributed by atoms with Crippen molar-refractivity contribution in [2.75, 3.05) is 20.8 Å². The maximum absolute atomic E-state index is 12.6. The lowest BCUT2D eigenvalue weighted by atomic mass is 10.2. The predicted octanol–water partition coefficient (Wildman–Crippen LogP) is 3.25. The molecule has 2 aromatic carbocycles. The molecule has 0 saturated heterocycles. The summed E-state index contributed by atoms with van der Waals surface area (Å²) < 4.78 is 53.3. The van der Waals surface area contributed by atoms with Crippen LogP contribution in [0.15, 0.2) is 47.6 Å². The highest BCUT2D eigenvalue weighted by molar-refractivity contribution is 5.86. The van der Waals surface area contributed by atoms with E-state index >= 15 is 0 Å². The van der Waals surface area contributed by atoms with Crippen LogP contribution in [0.4, 0.5) is 13.2 Å². The quantitative estimate of drug-likeness (QED) is 0.590. The van der Waals surface area contributed by atoms with E-state index in [1.54, 1.807) is 18.2 Å². The van der Waals surface area contributed by atoms with Crippen LogP contribution in [0, 0.1) is 0 Å². The van der Waals surface area contributed by atoms with Gasteiger partial charge in [0.15, 0.2) is 18.1 Å². The van der Waals surface area contributed by atoms with Crippen molar-refractivity contribution in [3.63, 3.8) is 0 Å². The first-order chi connectivity index (χ1) is 12.8. The summed E-state index contributed by atoms with van der Waals surface area (Å²) in [6.45, 7) is -0.492. The molecule has 0 aliphatic carbocycles. The number of halogens is 3. The molecule has 0 bridgehead atoms. The van der Waals surface area contributed by atoms with Crippen LogP contribution >= 0.6 is 0 Å². The second kappa shape index (κ2) is 8.93. The molecule has 1 N–H and O–H groups in total. The largest absolute Gasteiger partial charge is 0.493 e. The molecule has 1 amide bonds. The molecule has 0 heterocycles. The van der Waals surface area contributed by atoms with Gasteiger partial charge < -0.3 is 14.2 Å². The van der Waals surface area contributed by atoms with Crippen molar-refractivity contribution in [1.82, 2.24) is 5.43 Å². The van der Waals surface area contributed by atoms with Gasteiger partial charge in [-0.15, -0.1) is 0 Å². The van der Waals surface area contributed by atoms with Crippen LogP contribution in [-0.2, 0) is 11.0 Å². The van der Waals surface area contributed by atoms with E-state index in [0.717, 1.165) is 12.1 Å². The Labute approximate surface area is 153 Å². The first-order valence-corrected chi connectivity index (χ1v) is 7.68. The number of nitrogens with zero attached hydrogens (tertiary/aromatic N) is 1. The number of para-hydroxylation sites is 1. The zero-order chi connectivity index (χ0) is 19.9. The minimum Gasteiger partial charge on any atom is -0.493 e. The van der Waals surface area contributed by atoms with Crippen LogP contribution in [0.25, 0.3) is 0 Å². The van der Waals surface area contributed by atoms with Crippen molar-refractivity contribution < 1.29 is 32.2 Å². The predicted molar refractivity (Wildman–Crippen MR) is 92.2 cm³/mol. The average Bonchev–Trinajstić information content (AvgIpc) is 2.65. The standard InChI is InChI=1S/C18H17F3N2O4/c1-25-15-8-3-5-12(17(15)26-2)10-22-23-16(24)11-27-14-7-4-6-13(9-14)18(19,20)21/h3-10H,11H2,1-2H3,(H,23,24)/b22-10+. The second-order valence-corrected chi connectivity index (χ2v) is 5.19. The summed E-state index contributed by atoms with van der Waals surface area (Å²) in [6, 6.07) is 9.39. The molecule has 2 aromatic rings. The molecule has 0 aliphatic heterocycles. The van der Waals surface area contributed by atoms with Gasteiger partial charge in [-0.25, -0.2) is 5.43 Å². The number of nitrogens with one attached hydrogen (secondary N) is 1. The molecule has 0 saturated carbocycles. The van der Waals surface area contributed by atoms with Gasteiger partial charge in [0.05, 0.1) is 26.0 Å². The number of methoxy groups -OCH3 is 2. The fourth-order valence-corrected chi connectivity index (χ4v) is 2.13. The Morgan fingerprint density at radius 2 is 1.89 bits per heavy atom. The highest BCUT2D eigenvalue weighted by Crippen LogP contribution is 2.31. The highest BCUT2D eigenvalue weighted by atomic mass is 19.4. The number of ether oxygens (including phenoxy) is 3. The van der Waals surface area contributed by atoms with E-state index in [2.05, 4.69) is 10.5 Å². The number of benzene rings is 2. The lowest BCUT2D eigenvalue weighted by Crippen LogP contribution is -2.24. The molecule has 2 rings (SSSR count). The Kier molecular flexibility index (Phi) is 6.64. The van der Waals surface area contributed by atoms with Crippen molar-refractivity contribution in [3.05, 3.63) is 53.6 Å². The van der Waals surface area contributed by atoms with Gasteiger partial charge in [0.2, 0.25) is 0 Å². The topological polar surface area (TPSA) is 69.2 Å². The summed E-state index contributed by atoms with van der Waals surface area (Å²) in [5.74, 6) is 0.239. The van der Waals surface area contributed by atoms with E-state index in [4.69, 9.17) is 14.2 Å². The van der Waals surface area contributed by atoms with Gasteiger partial charge in [-0.3, -0.25) is 4.79 Å². The SMILES string of the molecule is COc1cccc(/C=N/NC(=O)COc2cccc(C(F)(F)F)c2)c1OC. The first-order valence-electron chi connectivity index (χ1n) is 7.68. The van der Waals surface area contributed by atoms with E-state index in [1.807, 2.05) is 0 Å². The molecule has 0 fully saturated rings. The fraction of sp³-hybridized carbons (Fsp3) is 0.222. The molecule has 27 heavy (non-hydrogen) atoms. The maximum Gasteiger partial charge on any atom is 0.416 e. The Morgan fingerprint density at radius 1 is 1.15 bits per heavy atom. The molecule has 0 atom stereocenters. The first kappa shape index (κ1) is 20.1. The minimum atomic E-state index is -4.48. The average molecular weight is 382 g/mol. The molecule has 6 nitrogen and oxygen atoms in total. The fourth-order valence-electron chi connectivity index (χ4n) is 2.13. The number of hydrogen-bond donors (Lipinski definition) is 1. The number of alkyl halides is 3. The number of carbonyl (C=O) groups excluding carboxylic acids is 1. The van der Waals surface area contributed by atoms with Crippen molar-refractivity contribution >= 4 is 12.1 Å². The maximum atomic E-state index is 12.6. The molecule has 0 spiro atoms. The van der Waals surface area contributed by atoms with Gasteiger partial charge in [-0.05, 0) is 30.3 Å². The second-order valence-electron chi connectivity index (χ2n) is 5.19. The van der Waals surface area contributed by atoms with Crippen molar-refractivity contribution in [2.24, 2.45) is 5.10 Å². The van der Waals surface area contributed by atoms with Crippen LogP contribution in [0.2, 0.25) is 0 Å². The van der Waals surface area contributed by atoms with Crippen molar-refractivity contribution in [2.45, 2.75) is 6.18 Å². The summed E-state index contributed by atoms with van der Waals surface area (Å²) in [6.07, 6.45) is -3.13. The van der Waals surface area contributed by atoms with E-state index < -0.39 is 24.3 Å². The van der Waals surface area contributed by atoms with Crippen LogP contribution in [0.3, 0.4) is 0 Å². The minimum absolute atomic E-state index is 0.0709. The van der Waals surface area contributed by atoms with Gasteiger partial charge >= 0.3 is 6.18 Å². The smallest absolute Gasteiger partial charge is 0.416 e. The Hall–Kier alpha value is -3.23. The van der Waals surface area contributed by atoms with Crippen molar-refractivity contribution in [3.8, 4) is 17.2 Å². The zero-order valence-electron chi connectivity index (χ0n) is 14.5. The Balaban J connectivity index is 1.93. The van der Waals surface area contributed by atoms with Gasteiger partial charge in [-0.1, -0.05) is 12.1 Å². The third-order valence-corrected chi connectivity index (χ3v) is 3.36. The third kappa shape index (κ3) is 5.63. The van der Waals surface area contributed by atoms with E-state index in [1.165, 1.54) is 32.6 Å². The lowest BCUT2D eigenvalue weighted by molar-refractivity contribution is -0.137. The van der Waals surface area contributed by atoms with Crippen LogP contribution in [0.1, 0.15) is 11.1 Å². The monoisotopic (exact) mass is 382 g/mol. The lowest BCUT2D eigenvalue weighted by Gasteiger charge is -2.10. The molecular weight excluding hydrogens is 365 g/mol. The summed E-state index contributed by atoms with van der Waals surface area (Å²) >= 11 is 0. The normalized spacial score (nSPS) is 11.3. The van der Waals surface area contributed by atoms with Crippen LogP contribution < -0.4 is 19.6 Å². The summed E-state index contributed by atoms with van der Waals surface area (Å²) in [5.41, 5.74) is 1.93. The summed E-state index contributed by atoms with van der Waals surface area (Å²) in [4.78, 5) is 11.7. The van der Waals surface area contributed by atoms with Gasteiger partial charge in [0, 0.05) is 5.56 Å². The van der Waals surface area contributed by atoms with Crippen LogP contribution in [0.5, 0.6) is 17.2 Å². The molecule has 0 aliphatic rings. The van der Waals surface area contributed by atoms with Crippen molar-refractivity contribution in [1.29, 1.82) is 0 Å². The van der Waals surface area contributed by atoms with E-state index in [-0.39, 0.29) is 5.75 Å². The number of amides is 1. The molecule has 9 heteroatoms. The van der Waals surface area contributed by atoms with Gasteiger partial charge in [0.1, 0.15) is 5.75 Å². The van der Waals surface area contributed by atoms with Gasteiger partial charge in [0.25, 0.3) is 5.91 Å². The summed E-state index contributed by atoms with van der Waals surface area (Å²) in [7, 11) is 2.96. The number of rotatable bonds is 7. The van der Waals surface area contributed by atoms with Gasteiger partial charge in [-0.2, -0.15) is 18.3 Å². The Bertz CT molecular complexity index is 822. The highest BCUT2D eigenvalue weighted by Gasteiger charge is 2.30. The Morgan fingerprint density at radius 3 is 2.56 bits per heavy atom. The third-order valence-electron chi connectivity index (χ3n) is 3.36. The zero-order valence-corrected chi connectivity index (χ0v) is 14.5. The molecule has 0 radical (unpaired) electrons. The number of carbonyl (C=O) groups is 1. The van der Waals surface area contributed by atoms with E-state index in [0.29, 0.717) is 17.1 Å².